The van der Waals surface area contributed by atoms with E-state index in [0.717, 1.165) is 18.5 Å². The third-order valence-corrected chi connectivity index (χ3v) is 5.21. The van der Waals surface area contributed by atoms with Gasteiger partial charge in [-0.15, -0.1) is 0 Å². The van der Waals surface area contributed by atoms with Crippen LogP contribution in [-0.4, -0.2) is 72.2 Å². The number of anilines is 1. The summed E-state index contributed by atoms with van der Waals surface area (Å²) in [5.74, 6) is 0.827. The Morgan fingerprint density at radius 1 is 1.06 bits per heavy atom. The molecule has 0 spiro atoms. The minimum Gasteiger partial charge on any atom is -0.481 e. The van der Waals surface area contributed by atoms with Gasteiger partial charge in [0, 0.05) is 50.6 Å². The Bertz CT molecular complexity index is 1120. The van der Waals surface area contributed by atoms with Gasteiger partial charge in [-0.3, -0.25) is 9.78 Å². The lowest BCUT2D eigenvalue weighted by molar-refractivity contribution is 0.0811. The topological polar surface area (TPSA) is 112 Å². The molecule has 2 N–H and O–H groups in total. The molecule has 0 amide bonds. The average molecular weight is 485 g/mol. The normalized spacial score (nSPS) is 11.3. The summed E-state index contributed by atoms with van der Waals surface area (Å²) >= 11 is 0. The minimum atomic E-state index is -0.189. The van der Waals surface area contributed by atoms with Crippen LogP contribution in [0.3, 0.4) is 0 Å². The molecule has 0 radical (unpaired) electrons. The Morgan fingerprint density at radius 3 is 2.63 bits per heavy atom. The standard InChI is InChI=1S/C25H36N6O4/c1-5-12-34-14-11-31-22-15-20(19-6-7-23(33-4)29-16-19)28-17-21(22)30-24(25(31)32)27-9-8-26-10-13-35-18(2)3/h6-7,15-18,26H,5,8-14H2,1-4H3,(H,27,30). The molecular formula is C25H36N6O4. The van der Waals surface area contributed by atoms with Crippen molar-refractivity contribution in [2.75, 3.05) is 51.9 Å². The lowest BCUT2D eigenvalue weighted by atomic mass is 10.2. The summed E-state index contributed by atoms with van der Waals surface area (Å²) < 4.78 is 18.0. The number of rotatable bonds is 15. The predicted octanol–water partition coefficient (Wildman–Crippen LogP) is 2.72. The highest BCUT2D eigenvalue weighted by Gasteiger charge is 2.13. The number of aromatic nitrogens is 4. The number of nitrogens with zero attached hydrogens (tertiary/aromatic N) is 4. The molecule has 35 heavy (non-hydrogen) atoms. The summed E-state index contributed by atoms with van der Waals surface area (Å²) in [6, 6.07) is 5.53. The van der Waals surface area contributed by atoms with E-state index in [0.29, 0.717) is 67.9 Å². The van der Waals surface area contributed by atoms with Gasteiger partial charge in [0.25, 0.3) is 5.56 Å². The molecule has 0 atom stereocenters. The Morgan fingerprint density at radius 2 is 1.91 bits per heavy atom. The average Bonchev–Trinajstić information content (AvgIpc) is 2.87. The Hall–Kier alpha value is -3.08. The molecular weight excluding hydrogens is 448 g/mol. The summed E-state index contributed by atoms with van der Waals surface area (Å²) in [4.78, 5) is 26.7. The molecule has 0 bridgehead atoms. The lowest BCUT2D eigenvalue weighted by Gasteiger charge is -2.14. The molecule has 3 aromatic rings. The molecule has 0 fully saturated rings. The maximum atomic E-state index is 13.3. The lowest BCUT2D eigenvalue weighted by Crippen LogP contribution is -2.31. The molecule has 3 aromatic heterocycles. The second-order valence-corrected chi connectivity index (χ2v) is 8.27. The smallest absolute Gasteiger partial charge is 0.293 e. The first-order valence-electron chi connectivity index (χ1n) is 12.1. The number of hydrogen-bond donors (Lipinski definition) is 2. The zero-order valence-electron chi connectivity index (χ0n) is 21.0. The van der Waals surface area contributed by atoms with E-state index < -0.39 is 0 Å². The van der Waals surface area contributed by atoms with Crippen molar-refractivity contribution >= 4 is 16.9 Å². The Kier molecular flexibility index (Phi) is 10.4. The van der Waals surface area contributed by atoms with E-state index in [1.54, 1.807) is 30.1 Å². The molecule has 0 aromatic carbocycles. The molecule has 0 aliphatic carbocycles. The van der Waals surface area contributed by atoms with Crippen molar-refractivity contribution in [2.24, 2.45) is 0 Å². The fourth-order valence-corrected chi connectivity index (χ4v) is 3.46. The number of ether oxygens (including phenoxy) is 3. The van der Waals surface area contributed by atoms with Crippen LogP contribution in [0.4, 0.5) is 5.82 Å². The van der Waals surface area contributed by atoms with Crippen LogP contribution < -0.4 is 20.9 Å². The fourth-order valence-electron chi connectivity index (χ4n) is 3.46. The van der Waals surface area contributed by atoms with Gasteiger partial charge >= 0.3 is 0 Å². The van der Waals surface area contributed by atoms with E-state index >= 15 is 0 Å². The van der Waals surface area contributed by atoms with Gasteiger partial charge in [0.05, 0.1) is 43.8 Å². The molecule has 0 saturated heterocycles. The molecule has 0 aliphatic heterocycles. The first-order chi connectivity index (χ1) is 17.0. The van der Waals surface area contributed by atoms with Crippen molar-refractivity contribution in [3.63, 3.8) is 0 Å². The third-order valence-electron chi connectivity index (χ3n) is 5.21. The van der Waals surface area contributed by atoms with Gasteiger partial charge in [-0.05, 0) is 32.4 Å². The highest BCUT2D eigenvalue weighted by molar-refractivity contribution is 5.80. The van der Waals surface area contributed by atoms with Crippen LogP contribution in [0.15, 0.2) is 35.4 Å². The van der Waals surface area contributed by atoms with Crippen molar-refractivity contribution in [3.05, 3.63) is 40.9 Å². The largest absolute Gasteiger partial charge is 0.481 e. The van der Waals surface area contributed by atoms with E-state index in [2.05, 4.69) is 32.5 Å². The minimum absolute atomic E-state index is 0.189. The van der Waals surface area contributed by atoms with Crippen molar-refractivity contribution in [2.45, 2.75) is 39.8 Å². The van der Waals surface area contributed by atoms with Crippen LogP contribution in [0.2, 0.25) is 0 Å². The van der Waals surface area contributed by atoms with Gasteiger partial charge in [-0.25, -0.2) is 9.97 Å². The Labute approximate surface area is 206 Å². The molecule has 10 heteroatoms. The molecule has 0 aliphatic rings. The van der Waals surface area contributed by atoms with Gasteiger partial charge in [0.15, 0.2) is 5.82 Å². The SMILES string of the molecule is CCCOCCn1c(=O)c(NCCNCCOC(C)C)nc2cnc(-c3ccc(OC)nc3)cc21. The maximum absolute atomic E-state index is 13.3. The van der Waals surface area contributed by atoms with Crippen LogP contribution >= 0.6 is 0 Å². The number of fused-ring (bicyclic) bond motifs is 1. The second kappa shape index (κ2) is 13.7. The van der Waals surface area contributed by atoms with Gasteiger partial charge in [0.1, 0.15) is 5.52 Å². The summed E-state index contributed by atoms with van der Waals surface area (Å²) in [5, 5.41) is 6.46. The van der Waals surface area contributed by atoms with E-state index in [1.165, 1.54) is 0 Å². The van der Waals surface area contributed by atoms with Crippen molar-refractivity contribution < 1.29 is 14.2 Å². The van der Waals surface area contributed by atoms with Crippen molar-refractivity contribution in [1.82, 2.24) is 24.8 Å². The van der Waals surface area contributed by atoms with Gasteiger partial charge in [0.2, 0.25) is 5.88 Å². The number of hydrogen-bond acceptors (Lipinski definition) is 9. The second-order valence-electron chi connectivity index (χ2n) is 8.27. The molecule has 10 nitrogen and oxygen atoms in total. The Balaban J connectivity index is 1.80. The molecule has 0 unspecified atom stereocenters. The predicted molar refractivity (Wildman–Crippen MR) is 137 cm³/mol. The summed E-state index contributed by atoms with van der Waals surface area (Å²) in [6.07, 6.45) is 4.52. The highest BCUT2D eigenvalue weighted by Crippen LogP contribution is 2.22. The van der Waals surface area contributed by atoms with E-state index in [1.807, 2.05) is 26.0 Å². The van der Waals surface area contributed by atoms with Crippen LogP contribution in [0.5, 0.6) is 5.88 Å². The van der Waals surface area contributed by atoms with Crippen molar-refractivity contribution in [1.29, 1.82) is 0 Å². The first kappa shape index (κ1) is 26.5. The van der Waals surface area contributed by atoms with Gasteiger partial charge < -0.3 is 29.4 Å². The molecule has 3 heterocycles. The van der Waals surface area contributed by atoms with Crippen LogP contribution in [0.25, 0.3) is 22.3 Å². The zero-order chi connectivity index (χ0) is 25.0. The summed E-state index contributed by atoms with van der Waals surface area (Å²) in [5.41, 5.74) is 2.66. The van der Waals surface area contributed by atoms with Crippen LogP contribution in [-0.2, 0) is 16.0 Å². The summed E-state index contributed by atoms with van der Waals surface area (Å²) in [6.45, 7) is 10.2. The monoisotopic (exact) mass is 484 g/mol. The number of pyridine rings is 2. The van der Waals surface area contributed by atoms with Gasteiger partial charge in [-0.1, -0.05) is 6.92 Å². The quantitative estimate of drug-likeness (QED) is 0.314. The molecule has 190 valence electrons. The zero-order valence-corrected chi connectivity index (χ0v) is 21.0. The molecule has 3 rings (SSSR count). The van der Waals surface area contributed by atoms with Gasteiger partial charge in [-0.2, -0.15) is 0 Å². The van der Waals surface area contributed by atoms with E-state index in [-0.39, 0.29) is 11.7 Å². The van der Waals surface area contributed by atoms with Crippen molar-refractivity contribution in [3.8, 4) is 17.1 Å². The van der Waals surface area contributed by atoms with E-state index in [4.69, 9.17) is 14.2 Å². The first-order valence-corrected chi connectivity index (χ1v) is 12.1. The maximum Gasteiger partial charge on any atom is 0.293 e. The number of methoxy groups -OCH3 is 1. The highest BCUT2D eigenvalue weighted by atomic mass is 16.5. The fraction of sp³-hybridized carbons (Fsp3) is 0.520. The van der Waals surface area contributed by atoms with Crippen LogP contribution in [0, 0.1) is 0 Å². The van der Waals surface area contributed by atoms with Crippen LogP contribution in [0.1, 0.15) is 27.2 Å². The number of nitrogens with one attached hydrogen (secondary N) is 2. The van der Waals surface area contributed by atoms with E-state index in [9.17, 15) is 4.79 Å². The molecule has 0 saturated carbocycles. The summed E-state index contributed by atoms with van der Waals surface area (Å²) in [7, 11) is 1.57. The third kappa shape index (κ3) is 7.71.